The normalized spacial score (nSPS) is 15.8. The molecule has 1 saturated carbocycles. The lowest BCUT2D eigenvalue weighted by Gasteiger charge is -2.12. The molecule has 1 aliphatic rings. The molecule has 4 rings (SSSR count). The fourth-order valence-electron chi connectivity index (χ4n) is 2.93. The molecule has 0 saturated heterocycles. The standard InChI is InChI=1S/C16H12ClF3N4O/c1-24-12(13(19)20)7-11(22-24)14-21-15(23-25-14)16(4-5-16)9-3-2-8(18)6-10(9)17/h2-3,6-7,13H,4-5H2,1H3. The van der Waals surface area contributed by atoms with Gasteiger partial charge in [0.05, 0.1) is 5.41 Å². The maximum atomic E-state index is 13.3. The summed E-state index contributed by atoms with van der Waals surface area (Å²) in [6.45, 7) is 0. The number of aryl methyl sites for hydroxylation is 1. The molecule has 130 valence electrons. The van der Waals surface area contributed by atoms with Crippen LogP contribution in [0.5, 0.6) is 0 Å². The Hall–Kier alpha value is -2.35. The number of rotatable bonds is 4. The second-order valence-corrected chi connectivity index (χ2v) is 6.42. The van der Waals surface area contributed by atoms with E-state index in [1.807, 2.05) is 0 Å². The van der Waals surface area contributed by atoms with Crippen LogP contribution in [0.4, 0.5) is 13.2 Å². The number of hydrogen-bond donors (Lipinski definition) is 0. The van der Waals surface area contributed by atoms with E-state index in [-0.39, 0.29) is 17.3 Å². The van der Waals surface area contributed by atoms with Gasteiger partial charge >= 0.3 is 0 Å². The van der Waals surface area contributed by atoms with E-state index < -0.39 is 17.7 Å². The van der Waals surface area contributed by atoms with Gasteiger partial charge in [0.1, 0.15) is 11.5 Å². The third kappa shape index (κ3) is 2.60. The Morgan fingerprint density at radius 2 is 2.04 bits per heavy atom. The molecule has 1 fully saturated rings. The van der Waals surface area contributed by atoms with Crippen LogP contribution in [-0.4, -0.2) is 19.9 Å². The zero-order valence-corrected chi connectivity index (χ0v) is 13.8. The van der Waals surface area contributed by atoms with Crippen LogP contribution in [0, 0.1) is 5.82 Å². The minimum absolute atomic E-state index is 0.0574. The summed E-state index contributed by atoms with van der Waals surface area (Å²) in [5.41, 5.74) is 0.125. The molecular formula is C16H12ClF3N4O. The van der Waals surface area contributed by atoms with Crippen LogP contribution < -0.4 is 0 Å². The van der Waals surface area contributed by atoms with Crippen LogP contribution in [0.3, 0.4) is 0 Å². The van der Waals surface area contributed by atoms with Crippen molar-refractivity contribution in [1.29, 1.82) is 0 Å². The summed E-state index contributed by atoms with van der Waals surface area (Å²) < 4.78 is 45.3. The van der Waals surface area contributed by atoms with Crippen molar-refractivity contribution in [1.82, 2.24) is 19.9 Å². The van der Waals surface area contributed by atoms with Crippen molar-refractivity contribution in [2.45, 2.75) is 24.7 Å². The van der Waals surface area contributed by atoms with Crippen molar-refractivity contribution >= 4 is 11.6 Å². The Bertz CT molecular complexity index is 949. The quantitative estimate of drug-likeness (QED) is 0.689. The largest absolute Gasteiger partial charge is 0.332 e. The average Bonchev–Trinajstić information content (AvgIpc) is 3.02. The van der Waals surface area contributed by atoms with Gasteiger partial charge in [0.2, 0.25) is 0 Å². The molecule has 3 aromatic rings. The zero-order chi connectivity index (χ0) is 17.8. The van der Waals surface area contributed by atoms with Gasteiger partial charge in [-0.15, -0.1) is 0 Å². The van der Waals surface area contributed by atoms with Crippen molar-refractivity contribution in [3.63, 3.8) is 0 Å². The summed E-state index contributed by atoms with van der Waals surface area (Å²) in [7, 11) is 1.42. The number of alkyl halides is 2. The highest BCUT2D eigenvalue weighted by Gasteiger charge is 2.51. The Balaban J connectivity index is 1.71. The van der Waals surface area contributed by atoms with Crippen LogP contribution in [0.25, 0.3) is 11.6 Å². The predicted octanol–water partition coefficient (Wildman–Crippen LogP) is 4.28. The van der Waals surface area contributed by atoms with E-state index >= 15 is 0 Å². The lowest BCUT2D eigenvalue weighted by atomic mass is 9.95. The van der Waals surface area contributed by atoms with Gasteiger partial charge in [-0.25, -0.2) is 13.2 Å². The molecule has 0 amide bonds. The second kappa shape index (κ2) is 5.59. The van der Waals surface area contributed by atoms with Crippen molar-refractivity contribution in [2.24, 2.45) is 7.05 Å². The number of nitrogens with zero attached hydrogens (tertiary/aromatic N) is 4. The smallest absolute Gasteiger partial charge is 0.280 e. The lowest BCUT2D eigenvalue weighted by Crippen LogP contribution is -2.11. The minimum atomic E-state index is -2.65. The van der Waals surface area contributed by atoms with Gasteiger partial charge in [-0.1, -0.05) is 22.8 Å². The summed E-state index contributed by atoms with van der Waals surface area (Å²) >= 11 is 6.16. The first-order valence-corrected chi connectivity index (χ1v) is 7.91. The Morgan fingerprint density at radius 1 is 1.28 bits per heavy atom. The summed E-state index contributed by atoms with van der Waals surface area (Å²) in [5.74, 6) is 0.0219. The van der Waals surface area contributed by atoms with Gasteiger partial charge in [-0.2, -0.15) is 10.1 Å². The Kier molecular flexibility index (Phi) is 3.61. The van der Waals surface area contributed by atoms with Crippen molar-refractivity contribution in [3.8, 4) is 11.6 Å². The number of aromatic nitrogens is 4. The van der Waals surface area contributed by atoms with Gasteiger partial charge < -0.3 is 4.52 Å². The summed E-state index contributed by atoms with van der Waals surface area (Å²) in [5, 5.41) is 8.25. The van der Waals surface area contributed by atoms with Gasteiger partial charge in [0, 0.05) is 12.1 Å². The average molecular weight is 369 g/mol. The zero-order valence-electron chi connectivity index (χ0n) is 13.0. The number of halogens is 4. The molecular weight excluding hydrogens is 357 g/mol. The highest BCUT2D eigenvalue weighted by atomic mass is 35.5. The van der Waals surface area contributed by atoms with Gasteiger partial charge in [0.15, 0.2) is 11.5 Å². The fraction of sp³-hybridized carbons (Fsp3) is 0.312. The van der Waals surface area contributed by atoms with Gasteiger partial charge in [-0.05, 0) is 36.6 Å². The molecule has 0 bridgehead atoms. The van der Waals surface area contributed by atoms with Gasteiger partial charge in [-0.3, -0.25) is 4.68 Å². The summed E-state index contributed by atoms with van der Waals surface area (Å²) in [6.07, 6.45) is -1.18. The topological polar surface area (TPSA) is 56.7 Å². The van der Waals surface area contributed by atoms with E-state index in [1.165, 1.54) is 25.2 Å². The number of benzene rings is 1. The van der Waals surface area contributed by atoms with E-state index in [1.54, 1.807) is 6.07 Å². The van der Waals surface area contributed by atoms with E-state index in [9.17, 15) is 13.2 Å². The maximum Gasteiger partial charge on any atom is 0.280 e. The summed E-state index contributed by atoms with van der Waals surface area (Å²) in [4.78, 5) is 4.32. The third-order valence-corrected chi connectivity index (χ3v) is 4.72. The molecule has 25 heavy (non-hydrogen) atoms. The van der Waals surface area contributed by atoms with E-state index in [0.717, 1.165) is 23.1 Å². The van der Waals surface area contributed by atoms with Crippen molar-refractivity contribution < 1.29 is 17.7 Å². The van der Waals surface area contributed by atoms with Crippen LogP contribution in [0.2, 0.25) is 5.02 Å². The molecule has 1 aromatic carbocycles. The molecule has 5 nitrogen and oxygen atoms in total. The van der Waals surface area contributed by atoms with E-state index in [2.05, 4.69) is 15.2 Å². The van der Waals surface area contributed by atoms with Crippen molar-refractivity contribution in [3.05, 3.63) is 52.2 Å². The van der Waals surface area contributed by atoms with Crippen LogP contribution >= 0.6 is 11.6 Å². The molecule has 0 unspecified atom stereocenters. The van der Waals surface area contributed by atoms with Crippen LogP contribution in [0.1, 0.15) is 36.3 Å². The number of hydrogen-bond acceptors (Lipinski definition) is 4. The molecule has 0 spiro atoms. The molecule has 2 aromatic heterocycles. The highest BCUT2D eigenvalue weighted by molar-refractivity contribution is 6.31. The first-order valence-electron chi connectivity index (χ1n) is 7.53. The van der Waals surface area contributed by atoms with Crippen LogP contribution in [0.15, 0.2) is 28.8 Å². The van der Waals surface area contributed by atoms with Crippen molar-refractivity contribution in [2.75, 3.05) is 0 Å². The molecule has 0 N–H and O–H groups in total. The van der Waals surface area contributed by atoms with Crippen LogP contribution in [-0.2, 0) is 12.5 Å². The molecule has 0 atom stereocenters. The maximum absolute atomic E-state index is 13.3. The summed E-state index contributed by atoms with van der Waals surface area (Å²) in [6, 6.07) is 5.39. The molecule has 1 aliphatic carbocycles. The third-order valence-electron chi connectivity index (χ3n) is 4.41. The SMILES string of the molecule is Cn1nc(-c2nc(C3(c4ccc(F)cc4Cl)CC3)no2)cc1C(F)F. The van der Waals surface area contributed by atoms with Gasteiger partial charge in [0.25, 0.3) is 12.3 Å². The first kappa shape index (κ1) is 16.1. The highest BCUT2D eigenvalue weighted by Crippen LogP contribution is 2.54. The molecule has 0 radical (unpaired) electrons. The molecule has 2 heterocycles. The monoisotopic (exact) mass is 368 g/mol. The molecule has 9 heteroatoms. The molecule has 0 aliphatic heterocycles. The second-order valence-electron chi connectivity index (χ2n) is 6.01. The minimum Gasteiger partial charge on any atom is -0.332 e. The Morgan fingerprint density at radius 3 is 2.64 bits per heavy atom. The van der Waals surface area contributed by atoms with E-state index in [0.29, 0.717) is 10.8 Å². The first-order chi connectivity index (χ1) is 11.9. The Labute approximate surface area is 145 Å². The predicted molar refractivity (Wildman–Crippen MR) is 82.9 cm³/mol. The fourth-order valence-corrected chi connectivity index (χ4v) is 3.28. The van der Waals surface area contributed by atoms with E-state index in [4.69, 9.17) is 16.1 Å². The lowest BCUT2D eigenvalue weighted by molar-refractivity contribution is 0.141.